The normalized spacial score (nSPS) is 10.0. The van der Waals surface area contributed by atoms with Crippen LogP contribution >= 0.6 is 11.6 Å². The molecule has 0 aliphatic heterocycles. The van der Waals surface area contributed by atoms with Crippen molar-refractivity contribution in [3.63, 3.8) is 0 Å². The number of ether oxygens (including phenoxy) is 1. The molecule has 76 valence electrons. The smallest absolute Gasteiger partial charge is 0.322 e. The first kappa shape index (κ1) is 9.86. The molecule has 2 rings (SSSR count). The molecule has 0 spiro atoms. The lowest BCUT2D eigenvalue weighted by atomic mass is 10.4. The van der Waals surface area contributed by atoms with Crippen molar-refractivity contribution >= 4 is 11.6 Å². The third-order valence-electron chi connectivity index (χ3n) is 1.70. The summed E-state index contributed by atoms with van der Waals surface area (Å²) >= 11 is 5.82. The molecule has 2 aromatic heterocycles. The van der Waals surface area contributed by atoms with Crippen molar-refractivity contribution in [2.75, 3.05) is 0 Å². The Hall–Kier alpha value is -1.68. The maximum absolute atomic E-state index is 5.82. The number of hydrogen-bond acceptors (Lipinski definition) is 4. The van der Waals surface area contributed by atoms with Gasteiger partial charge in [0.2, 0.25) is 0 Å². The minimum Gasteiger partial charge on any atom is -0.421 e. The van der Waals surface area contributed by atoms with Crippen LogP contribution < -0.4 is 4.74 Å². The number of pyridine rings is 1. The van der Waals surface area contributed by atoms with Crippen LogP contribution in [0.5, 0.6) is 11.8 Å². The molecule has 0 radical (unpaired) electrons. The zero-order valence-corrected chi connectivity index (χ0v) is 8.77. The van der Waals surface area contributed by atoms with Crippen LogP contribution in [0, 0.1) is 6.92 Å². The third kappa shape index (κ3) is 2.41. The van der Waals surface area contributed by atoms with Crippen LogP contribution in [0.3, 0.4) is 0 Å². The molecule has 2 aromatic rings. The first-order valence-electron chi connectivity index (χ1n) is 4.34. The Bertz CT molecular complexity index is 476. The van der Waals surface area contributed by atoms with Gasteiger partial charge in [-0.25, -0.2) is 15.0 Å². The van der Waals surface area contributed by atoms with Gasteiger partial charge < -0.3 is 4.74 Å². The number of aryl methyl sites for hydroxylation is 1. The van der Waals surface area contributed by atoms with E-state index in [4.69, 9.17) is 16.3 Å². The summed E-state index contributed by atoms with van der Waals surface area (Å²) in [7, 11) is 0. The van der Waals surface area contributed by atoms with E-state index in [0.717, 1.165) is 5.69 Å². The zero-order chi connectivity index (χ0) is 10.7. The molecule has 4 nitrogen and oxygen atoms in total. The molecule has 0 N–H and O–H groups in total. The van der Waals surface area contributed by atoms with Crippen molar-refractivity contribution in [2.45, 2.75) is 6.92 Å². The second-order valence-electron chi connectivity index (χ2n) is 2.88. The number of aromatic nitrogens is 3. The van der Waals surface area contributed by atoms with Gasteiger partial charge in [0.25, 0.3) is 0 Å². The fraction of sp³-hybridized carbons (Fsp3) is 0.100. The van der Waals surface area contributed by atoms with E-state index in [1.54, 1.807) is 30.6 Å². The van der Waals surface area contributed by atoms with Crippen LogP contribution in [-0.2, 0) is 0 Å². The van der Waals surface area contributed by atoms with Gasteiger partial charge in [-0.1, -0.05) is 11.6 Å². The van der Waals surface area contributed by atoms with Crippen LogP contribution in [0.4, 0.5) is 0 Å². The summed E-state index contributed by atoms with van der Waals surface area (Å²) in [6.45, 7) is 1.86. The predicted octanol–water partition coefficient (Wildman–Crippen LogP) is 2.63. The van der Waals surface area contributed by atoms with Crippen molar-refractivity contribution < 1.29 is 4.74 Å². The van der Waals surface area contributed by atoms with E-state index in [9.17, 15) is 0 Å². The number of halogens is 1. The van der Waals surface area contributed by atoms with Gasteiger partial charge in [-0.3, -0.25) is 0 Å². The molecule has 0 aliphatic rings. The van der Waals surface area contributed by atoms with Crippen LogP contribution in [-0.4, -0.2) is 15.0 Å². The highest BCUT2D eigenvalue weighted by Gasteiger charge is 2.04. The monoisotopic (exact) mass is 221 g/mol. The molecule has 0 aromatic carbocycles. The van der Waals surface area contributed by atoms with Gasteiger partial charge in [0.05, 0.1) is 0 Å². The largest absolute Gasteiger partial charge is 0.421 e. The minimum atomic E-state index is 0.268. The van der Waals surface area contributed by atoms with Crippen molar-refractivity contribution in [2.24, 2.45) is 0 Å². The number of rotatable bonds is 2. The Kier molecular flexibility index (Phi) is 2.78. The van der Waals surface area contributed by atoms with Crippen molar-refractivity contribution in [3.8, 4) is 11.8 Å². The minimum absolute atomic E-state index is 0.268. The van der Waals surface area contributed by atoms with E-state index in [-0.39, 0.29) is 6.01 Å². The van der Waals surface area contributed by atoms with Gasteiger partial charge >= 0.3 is 6.01 Å². The van der Waals surface area contributed by atoms with E-state index >= 15 is 0 Å². The molecule has 2 heterocycles. The maximum atomic E-state index is 5.82. The fourth-order valence-electron chi connectivity index (χ4n) is 1.02. The molecule has 0 amide bonds. The highest BCUT2D eigenvalue weighted by molar-refractivity contribution is 6.30. The van der Waals surface area contributed by atoms with E-state index in [0.29, 0.717) is 10.9 Å². The Labute approximate surface area is 91.9 Å². The molecule has 0 fully saturated rings. The Morgan fingerprint density at radius 2 is 2.07 bits per heavy atom. The van der Waals surface area contributed by atoms with Gasteiger partial charge in [0.15, 0.2) is 10.9 Å². The third-order valence-corrected chi connectivity index (χ3v) is 1.98. The molecule has 0 saturated carbocycles. The molecule has 5 heteroatoms. The number of hydrogen-bond donors (Lipinski definition) is 0. The summed E-state index contributed by atoms with van der Waals surface area (Å²) in [6.07, 6.45) is 3.22. The van der Waals surface area contributed by atoms with Gasteiger partial charge in [-0.05, 0) is 25.1 Å². The number of nitrogens with zero attached hydrogens (tertiary/aromatic N) is 3. The molecule has 0 unspecified atom stereocenters. The second kappa shape index (κ2) is 4.23. The van der Waals surface area contributed by atoms with Crippen LogP contribution in [0.15, 0.2) is 30.6 Å². The lowest BCUT2D eigenvalue weighted by Crippen LogP contribution is -1.93. The maximum Gasteiger partial charge on any atom is 0.322 e. The van der Waals surface area contributed by atoms with E-state index in [1.165, 1.54) is 0 Å². The molecule has 15 heavy (non-hydrogen) atoms. The SMILES string of the molecule is Cc1ccnc(Oc2cccnc2Cl)n1. The Morgan fingerprint density at radius 1 is 1.20 bits per heavy atom. The summed E-state index contributed by atoms with van der Waals surface area (Å²) in [6, 6.07) is 5.50. The quantitative estimate of drug-likeness (QED) is 0.732. The highest BCUT2D eigenvalue weighted by Crippen LogP contribution is 2.24. The average molecular weight is 222 g/mol. The van der Waals surface area contributed by atoms with Crippen LogP contribution in [0.2, 0.25) is 5.15 Å². The summed E-state index contributed by atoms with van der Waals surface area (Å²) in [5.74, 6) is 0.449. The van der Waals surface area contributed by atoms with E-state index < -0.39 is 0 Å². The van der Waals surface area contributed by atoms with Crippen molar-refractivity contribution in [1.82, 2.24) is 15.0 Å². The Balaban J connectivity index is 2.26. The lowest BCUT2D eigenvalue weighted by Gasteiger charge is -2.04. The van der Waals surface area contributed by atoms with Gasteiger partial charge in [-0.15, -0.1) is 0 Å². The van der Waals surface area contributed by atoms with Crippen molar-refractivity contribution in [1.29, 1.82) is 0 Å². The average Bonchev–Trinajstić information content (AvgIpc) is 2.22. The lowest BCUT2D eigenvalue weighted by molar-refractivity contribution is 0.438. The molecule has 0 aliphatic carbocycles. The van der Waals surface area contributed by atoms with Gasteiger partial charge in [0.1, 0.15) is 0 Å². The topological polar surface area (TPSA) is 47.9 Å². The summed E-state index contributed by atoms with van der Waals surface area (Å²) in [4.78, 5) is 11.9. The highest BCUT2D eigenvalue weighted by atomic mass is 35.5. The molecule has 0 saturated heterocycles. The Morgan fingerprint density at radius 3 is 2.80 bits per heavy atom. The molecule has 0 bridgehead atoms. The van der Waals surface area contributed by atoms with Crippen LogP contribution in [0.25, 0.3) is 0 Å². The first-order chi connectivity index (χ1) is 7.25. The molecule has 0 atom stereocenters. The summed E-state index contributed by atoms with van der Waals surface area (Å²) in [5, 5.41) is 0.294. The van der Waals surface area contributed by atoms with E-state index in [2.05, 4.69) is 15.0 Å². The predicted molar refractivity (Wildman–Crippen MR) is 56.1 cm³/mol. The zero-order valence-electron chi connectivity index (χ0n) is 8.01. The second-order valence-corrected chi connectivity index (χ2v) is 3.23. The molecular weight excluding hydrogens is 214 g/mol. The standard InChI is InChI=1S/C10H8ClN3O/c1-7-4-6-13-10(14-7)15-8-3-2-5-12-9(8)11/h2-6H,1H3. The van der Waals surface area contributed by atoms with Crippen LogP contribution in [0.1, 0.15) is 5.69 Å². The summed E-state index contributed by atoms with van der Waals surface area (Å²) < 4.78 is 5.37. The fourth-order valence-corrected chi connectivity index (χ4v) is 1.18. The van der Waals surface area contributed by atoms with E-state index in [1.807, 2.05) is 6.92 Å². The van der Waals surface area contributed by atoms with Crippen molar-refractivity contribution in [3.05, 3.63) is 41.4 Å². The van der Waals surface area contributed by atoms with Gasteiger partial charge in [-0.2, -0.15) is 0 Å². The summed E-state index contributed by atoms with van der Waals surface area (Å²) in [5.41, 5.74) is 0.833. The van der Waals surface area contributed by atoms with Gasteiger partial charge in [0, 0.05) is 18.1 Å². The molecular formula is C10H8ClN3O. The first-order valence-corrected chi connectivity index (χ1v) is 4.71.